The molecule has 21 heavy (non-hydrogen) atoms. The summed E-state index contributed by atoms with van der Waals surface area (Å²) < 4.78 is 7.30. The maximum Gasteiger partial charge on any atom is 0.119 e. The topological polar surface area (TPSA) is 39.1 Å². The van der Waals surface area contributed by atoms with Gasteiger partial charge in [-0.05, 0) is 49.4 Å². The lowest BCUT2D eigenvalue weighted by Crippen LogP contribution is -2.25. The summed E-state index contributed by atoms with van der Waals surface area (Å²) in [5.41, 5.74) is 5.33. The largest absolute Gasteiger partial charge is 0.497 e. The molecule has 0 amide bonds. The molecule has 1 aromatic heterocycles. The van der Waals surface area contributed by atoms with E-state index in [0.717, 1.165) is 12.3 Å². The molecule has 3 rings (SSSR count). The van der Waals surface area contributed by atoms with Crippen LogP contribution in [0.1, 0.15) is 41.3 Å². The van der Waals surface area contributed by atoms with Crippen molar-refractivity contribution in [2.24, 2.45) is 7.05 Å². The zero-order valence-electron chi connectivity index (χ0n) is 13.0. The Morgan fingerprint density at radius 2 is 2.29 bits per heavy atom. The number of fused-ring (bicyclic) bond motifs is 1. The summed E-state index contributed by atoms with van der Waals surface area (Å²) in [4.78, 5) is 0. The number of methoxy groups -OCH3 is 1. The number of aromatic nitrogens is 2. The van der Waals surface area contributed by atoms with Crippen molar-refractivity contribution in [1.82, 2.24) is 15.1 Å². The number of nitrogens with one attached hydrogen (secondary N) is 1. The second-order valence-electron chi connectivity index (χ2n) is 5.77. The lowest BCUT2D eigenvalue weighted by molar-refractivity contribution is 0.408. The molecule has 112 valence electrons. The monoisotopic (exact) mass is 285 g/mol. The van der Waals surface area contributed by atoms with E-state index in [4.69, 9.17) is 4.74 Å². The summed E-state index contributed by atoms with van der Waals surface area (Å²) in [5, 5.41) is 8.00. The van der Waals surface area contributed by atoms with Gasteiger partial charge in [-0.2, -0.15) is 5.10 Å². The first-order valence-electron chi connectivity index (χ1n) is 7.56. The number of nitrogens with zero attached hydrogens (tertiary/aromatic N) is 2. The van der Waals surface area contributed by atoms with Crippen LogP contribution in [0.25, 0.3) is 0 Å². The third-order valence-corrected chi connectivity index (χ3v) is 4.54. The minimum absolute atomic E-state index is 0.406. The lowest BCUT2D eigenvalue weighted by Gasteiger charge is -2.27. The number of ether oxygens (including phenoxy) is 1. The van der Waals surface area contributed by atoms with Crippen molar-refractivity contribution in [2.45, 2.75) is 38.8 Å². The Bertz CT molecular complexity index is 633. The quantitative estimate of drug-likeness (QED) is 0.939. The highest BCUT2D eigenvalue weighted by molar-refractivity contribution is 5.39. The van der Waals surface area contributed by atoms with Gasteiger partial charge in [0.15, 0.2) is 0 Å². The van der Waals surface area contributed by atoms with Gasteiger partial charge in [0, 0.05) is 30.9 Å². The first-order chi connectivity index (χ1) is 10.2. The molecule has 0 saturated heterocycles. The number of hydrogen-bond donors (Lipinski definition) is 1. The van der Waals surface area contributed by atoms with E-state index >= 15 is 0 Å². The number of benzene rings is 1. The molecule has 1 aromatic carbocycles. The van der Waals surface area contributed by atoms with Crippen molar-refractivity contribution in [3.05, 3.63) is 46.8 Å². The predicted molar refractivity (Wildman–Crippen MR) is 83.5 cm³/mol. The maximum atomic E-state index is 5.37. The molecule has 0 aliphatic heterocycles. The molecule has 1 heterocycles. The van der Waals surface area contributed by atoms with Crippen LogP contribution in [0.3, 0.4) is 0 Å². The SMILES string of the molecule is COc1ccc2c(c1)C(NCc1cnn(C)c1C)CCC2. The summed E-state index contributed by atoms with van der Waals surface area (Å²) in [6.45, 7) is 2.98. The predicted octanol–water partition coefficient (Wildman–Crippen LogP) is 2.90. The van der Waals surface area contributed by atoms with Gasteiger partial charge >= 0.3 is 0 Å². The highest BCUT2D eigenvalue weighted by atomic mass is 16.5. The zero-order chi connectivity index (χ0) is 14.8. The summed E-state index contributed by atoms with van der Waals surface area (Å²) in [7, 11) is 3.71. The summed E-state index contributed by atoms with van der Waals surface area (Å²) >= 11 is 0. The third kappa shape index (κ3) is 2.81. The molecule has 1 aliphatic carbocycles. The smallest absolute Gasteiger partial charge is 0.119 e. The fourth-order valence-electron chi connectivity index (χ4n) is 3.07. The standard InChI is InChI=1S/C17H23N3O/c1-12-14(11-19-20(12)2)10-18-17-6-4-5-13-7-8-15(21-3)9-16(13)17/h7-9,11,17-18H,4-6,10H2,1-3H3. The fourth-order valence-corrected chi connectivity index (χ4v) is 3.07. The lowest BCUT2D eigenvalue weighted by atomic mass is 9.87. The third-order valence-electron chi connectivity index (χ3n) is 4.54. The van der Waals surface area contributed by atoms with Gasteiger partial charge in [-0.1, -0.05) is 6.07 Å². The van der Waals surface area contributed by atoms with E-state index in [-0.39, 0.29) is 0 Å². The Morgan fingerprint density at radius 1 is 1.43 bits per heavy atom. The Balaban J connectivity index is 1.77. The molecule has 1 aliphatic rings. The van der Waals surface area contributed by atoms with E-state index in [0.29, 0.717) is 6.04 Å². The van der Waals surface area contributed by atoms with E-state index in [1.165, 1.54) is 41.6 Å². The van der Waals surface area contributed by atoms with Crippen molar-refractivity contribution in [1.29, 1.82) is 0 Å². The first kappa shape index (κ1) is 14.1. The molecular formula is C17H23N3O. The molecule has 2 aromatic rings. The van der Waals surface area contributed by atoms with Gasteiger partial charge in [-0.3, -0.25) is 4.68 Å². The molecule has 4 nitrogen and oxygen atoms in total. The van der Waals surface area contributed by atoms with Crippen LogP contribution >= 0.6 is 0 Å². The number of aryl methyl sites for hydroxylation is 2. The molecule has 4 heteroatoms. The van der Waals surface area contributed by atoms with Crippen LogP contribution in [0.4, 0.5) is 0 Å². The van der Waals surface area contributed by atoms with Crippen LogP contribution in [-0.4, -0.2) is 16.9 Å². The van der Waals surface area contributed by atoms with Crippen LogP contribution in [-0.2, 0) is 20.0 Å². The molecule has 1 unspecified atom stereocenters. The van der Waals surface area contributed by atoms with Crippen molar-refractivity contribution in [2.75, 3.05) is 7.11 Å². The molecule has 0 radical (unpaired) electrons. The van der Waals surface area contributed by atoms with Gasteiger partial charge in [-0.25, -0.2) is 0 Å². The summed E-state index contributed by atoms with van der Waals surface area (Å²) in [5.74, 6) is 0.944. The van der Waals surface area contributed by atoms with Crippen LogP contribution in [0, 0.1) is 6.92 Å². The molecule has 0 bridgehead atoms. The molecule has 1 N–H and O–H groups in total. The molecule has 0 fully saturated rings. The van der Waals surface area contributed by atoms with E-state index in [1.54, 1.807) is 7.11 Å². The van der Waals surface area contributed by atoms with Crippen molar-refractivity contribution in [3.8, 4) is 5.75 Å². The van der Waals surface area contributed by atoms with Gasteiger partial charge in [0.25, 0.3) is 0 Å². The number of rotatable bonds is 4. The zero-order valence-corrected chi connectivity index (χ0v) is 13.0. The van der Waals surface area contributed by atoms with Crippen molar-refractivity contribution in [3.63, 3.8) is 0 Å². The average Bonchev–Trinajstić information content (AvgIpc) is 2.84. The Kier molecular flexibility index (Phi) is 3.97. The second-order valence-corrected chi connectivity index (χ2v) is 5.77. The van der Waals surface area contributed by atoms with E-state index < -0.39 is 0 Å². The average molecular weight is 285 g/mol. The van der Waals surface area contributed by atoms with Gasteiger partial charge in [0.2, 0.25) is 0 Å². The van der Waals surface area contributed by atoms with Gasteiger partial charge in [-0.15, -0.1) is 0 Å². The van der Waals surface area contributed by atoms with E-state index in [2.05, 4.69) is 35.5 Å². The summed E-state index contributed by atoms with van der Waals surface area (Å²) in [6.07, 6.45) is 5.55. The van der Waals surface area contributed by atoms with Gasteiger partial charge in [0.1, 0.15) is 5.75 Å². The maximum absolute atomic E-state index is 5.37. The first-order valence-corrected chi connectivity index (χ1v) is 7.56. The second kappa shape index (κ2) is 5.90. The highest BCUT2D eigenvalue weighted by Crippen LogP contribution is 2.32. The van der Waals surface area contributed by atoms with Crippen molar-refractivity contribution >= 4 is 0 Å². The Morgan fingerprint density at radius 3 is 3.00 bits per heavy atom. The minimum atomic E-state index is 0.406. The molecule has 0 spiro atoms. The van der Waals surface area contributed by atoms with Crippen LogP contribution in [0.5, 0.6) is 5.75 Å². The molecular weight excluding hydrogens is 262 g/mol. The van der Waals surface area contributed by atoms with Crippen LogP contribution in [0.2, 0.25) is 0 Å². The normalized spacial score (nSPS) is 17.6. The van der Waals surface area contributed by atoms with Gasteiger partial charge < -0.3 is 10.1 Å². The van der Waals surface area contributed by atoms with Crippen LogP contribution in [0.15, 0.2) is 24.4 Å². The Labute approximate surface area is 126 Å². The van der Waals surface area contributed by atoms with Crippen LogP contribution < -0.4 is 10.1 Å². The van der Waals surface area contributed by atoms with Crippen molar-refractivity contribution < 1.29 is 4.74 Å². The van der Waals surface area contributed by atoms with E-state index in [1.807, 2.05) is 17.9 Å². The van der Waals surface area contributed by atoms with E-state index in [9.17, 15) is 0 Å². The van der Waals surface area contributed by atoms with Gasteiger partial charge in [0.05, 0.1) is 13.3 Å². The minimum Gasteiger partial charge on any atom is -0.497 e. The Hall–Kier alpha value is -1.81. The molecule has 0 saturated carbocycles. The highest BCUT2D eigenvalue weighted by Gasteiger charge is 2.20. The summed E-state index contributed by atoms with van der Waals surface area (Å²) in [6, 6.07) is 6.86. The molecule has 1 atom stereocenters. The number of hydrogen-bond acceptors (Lipinski definition) is 3. The fraction of sp³-hybridized carbons (Fsp3) is 0.471.